The highest BCUT2D eigenvalue weighted by molar-refractivity contribution is 5.93. The average molecular weight is 343 g/mol. The largest absolute Gasteiger partial charge is 0.357 e. The number of aromatic nitrogens is 1. The van der Waals surface area contributed by atoms with E-state index in [4.69, 9.17) is 4.99 Å². The minimum atomic E-state index is -0.0978. The molecule has 2 heterocycles. The van der Waals surface area contributed by atoms with E-state index >= 15 is 0 Å². The van der Waals surface area contributed by atoms with Gasteiger partial charge in [-0.3, -0.25) is 14.8 Å². The molecule has 6 heteroatoms. The standard InChI is InChI=1S/C19H29N5O/c1-2-21-18(24-13-9-19(15-24)7-3-4-8-19)23-12-11-22-17(25)16-6-5-10-20-14-16/h5-6,10,14H,2-4,7-9,11-13,15H2,1H3,(H,21,23)(H,22,25). The van der Waals surface area contributed by atoms with Gasteiger partial charge in [0.2, 0.25) is 0 Å². The van der Waals surface area contributed by atoms with E-state index in [1.807, 2.05) is 0 Å². The molecule has 2 N–H and O–H groups in total. The summed E-state index contributed by atoms with van der Waals surface area (Å²) in [5.74, 6) is 0.890. The third kappa shape index (κ3) is 4.50. The van der Waals surface area contributed by atoms with Gasteiger partial charge in [-0.1, -0.05) is 12.8 Å². The van der Waals surface area contributed by atoms with Gasteiger partial charge in [0.15, 0.2) is 5.96 Å². The zero-order valence-electron chi connectivity index (χ0n) is 15.1. The number of guanidine groups is 1. The van der Waals surface area contributed by atoms with Gasteiger partial charge in [0.25, 0.3) is 5.91 Å². The molecule has 1 amide bonds. The average Bonchev–Trinajstić information content (AvgIpc) is 3.28. The van der Waals surface area contributed by atoms with Gasteiger partial charge in [-0.2, -0.15) is 0 Å². The predicted octanol–water partition coefficient (Wildman–Crippen LogP) is 2.04. The van der Waals surface area contributed by atoms with Gasteiger partial charge in [-0.15, -0.1) is 0 Å². The van der Waals surface area contributed by atoms with Crippen molar-refractivity contribution in [3.05, 3.63) is 30.1 Å². The monoisotopic (exact) mass is 343 g/mol. The summed E-state index contributed by atoms with van der Waals surface area (Å²) in [4.78, 5) is 23.1. The second-order valence-corrected chi connectivity index (χ2v) is 7.11. The summed E-state index contributed by atoms with van der Waals surface area (Å²) >= 11 is 0. The lowest BCUT2D eigenvalue weighted by molar-refractivity contribution is 0.0954. The molecule has 136 valence electrons. The van der Waals surface area contributed by atoms with Crippen LogP contribution in [0.5, 0.6) is 0 Å². The van der Waals surface area contributed by atoms with E-state index in [9.17, 15) is 4.79 Å². The summed E-state index contributed by atoms with van der Waals surface area (Å²) in [5, 5.41) is 6.31. The lowest BCUT2D eigenvalue weighted by Gasteiger charge is -2.26. The van der Waals surface area contributed by atoms with Crippen molar-refractivity contribution in [2.45, 2.75) is 39.0 Å². The normalized spacial score (nSPS) is 19.4. The Bertz CT molecular complexity index is 595. The first-order chi connectivity index (χ1) is 12.2. The van der Waals surface area contributed by atoms with E-state index in [0.717, 1.165) is 25.6 Å². The van der Waals surface area contributed by atoms with Crippen molar-refractivity contribution < 1.29 is 4.79 Å². The highest BCUT2D eigenvalue weighted by atomic mass is 16.1. The first-order valence-electron chi connectivity index (χ1n) is 9.44. The smallest absolute Gasteiger partial charge is 0.252 e. The molecule has 0 aromatic carbocycles. The fourth-order valence-electron chi connectivity index (χ4n) is 4.01. The zero-order chi connectivity index (χ0) is 17.5. The Kier molecular flexibility index (Phi) is 5.89. The number of amides is 1. The molecule has 1 spiro atoms. The van der Waals surface area contributed by atoms with Gasteiger partial charge < -0.3 is 15.5 Å². The van der Waals surface area contributed by atoms with Crippen LogP contribution in [-0.4, -0.2) is 54.5 Å². The maximum atomic E-state index is 12.0. The maximum absolute atomic E-state index is 12.0. The van der Waals surface area contributed by atoms with Crippen LogP contribution in [0, 0.1) is 5.41 Å². The van der Waals surface area contributed by atoms with Crippen LogP contribution in [0.25, 0.3) is 0 Å². The van der Waals surface area contributed by atoms with Crippen molar-refractivity contribution in [2.75, 3.05) is 32.7 Å². The summed E-state index contributed by atoms with van der Waals surface area (Å²) in [6.45, 7) is 6.29. The van der Waals surface area contributed by atoms with Crippen LogP contribution in [-0.2, 0) is 0 Å². The van der Waals surface area contributed by atoms with Crippen LogP contribution in [0.4, 0.5) is 0 Å². The number of aliphatic imine (C=N–C) groups is 1. The maximum Gasteiger partial charge on any atom is 0.252 e. The second kappa shape index (κ2) is 8.32. The van der Waals surface area contributed by atoms with Gasteiger partial charge in [0.1, 0.15) is 0 Å². The summed E-state index contributed by atoms with van der Waals surface area (Å²) in [6, 6.07) is 3.53. The number of hydrogen-bond donors (Lipinski definition) is 2. The Balaban J connectivity index is 1.50. The molecule has 6 nitrogen and oxygen atoms in total. The number of carbonyl (C=O) groups is 1. The molecule has 3 rings (SSSR count). The molecule has 1 aliphatic heterocycles. The molecule has 1 aromatic heterocycles. The number of hydrogen-bond acceptors (Lipinski definition) is 3. The Hall–Kier alpha value is -2.11. The Morgan fingerprint density at radius 1 is 1.32 bits per heavy atom. The molecule has 1 saturated carbocycles. The number of nitrogens with one attached hydrogen (secondary N) is 2. The minimum Gasteiger partial charge on any atom is -0.357 e. The Morgan fingerprint density at radius 2 is 2.16 bits per heavy atom. The fraction of sp³-hybridized carbons (Fsp3) is 0.632. The van der Waals surface area contributed by atoms with Gasteiger partial charge in [-0.05, 0) is 43.7 Å². The first-order valence-corrected chi connectivity index (χ1v) is 9.44. The summed E-state index contributed by atoms with van der Waals surface area (Å²) < 4.78 is 0. The Morgan fingerprint density at radius 3 is 2.88 bits per heavy atom. The summed E-state index contributed by atoms with van der Waals surface area (Å²) in [6.07, 6.45) is 10.0. The fourth-order valence-corrected chi connectivity index (χ4v) is 4.01. The van der Waals surface area contributed by atoms with Crippen LogP contribution in [0.15, 0.2) is 29.5 Å². The molecule has 1 saturated heterocycles. The van der Waals surface area contributed by atoms with Crippen molar-refractivity contribution in [3.8, 4) is 0 Å². The van der Waals surface area contributed by atoms with Crippen LogP contribution >= 0.6 is 0 Å². The second-order valence-electron chi connectivity index (χ2n) is 7.11. The third-order valence-corrected chi connectivity index (χ3v) is 5.32. The molecule has 2 aliphatic rings. The van der Waals surface area contributed by atoms with Crippen molar-refractivity contribution in [3.63, 3.8) is 0 Å². The molecular weight excluding hydrogens is 314 g/mol. The molecule has 0 unspecified atom stereocenters. The Labute approximate surface area is 150 Å². The number of carbonyl (C=O) groups excluding carboxylic acids is 1. The number of rotatable bonds is 5. The van der Waals surface area contributed by atoms with Crippen LogP contribution in [0.1, 0.15) is 49.4 Å². The van der Waals surface area contributed by atoms with Crippen molar-refractivity contribution in [1.29, 1.82) is 0 Å². The summed E-state index contributed by atoms with van der Waals surface area (Å²) in [7, 11) is 0. The van der Waals surface area contributed by atoms with E-state index in [-0.39, 0.29) is 5.91 Å². The van der Waals surface area contributed by atoms with Crippen molar-refractivity contribution in [2.24, 2.45) is 10.4 Å². The molecule has 2 fully saturated rings. The van der Waals surface area contributed by atoms with Crippen LogP contribution in [0.2, 0.25) is 0 Å². The van der Waals surface area contributed by atoms with E-state index in [1.165, 1.54) is 32.1 Å². The van der Waals surface area contributed by atoms with Gasteiger partial charge in [-0.25, -0.2) is 0 Å². The highest BCUT2D eigenvalue weighted by Gasteiger charge is 2.41. The molecule has 1 aliphatic carbocycles. The number of nitrogens with zero attached hydrogens (tertiary/aromatic N) is 3. The third-order valence-electron chi connectivity index (χ3n) is 5.32. The van der Waals surface area contributed by atoms with E-state index in [0.29, 0.717) is 24.1 Å². The zero-order valence-corrected chi connectivity index (χ0v) is 15.1. The topological polar surface area (TPSA) is 69.6 Å². The molecule has 0 atom stereocenters. The quantitative estimate of drug-likeness (QED) is 0.488. The summed E-state index contributed by atoms with van der Waals surface area (Å²) in [5.41, 5.74) is 1.12. The van der Waals surface area contributed by atoms with E-state index in [1.54, 1.807) is 24.5 Å². The molecule has 25 heavy (non-hydrogen) atoms. The lowest BCUT2D eigenvalue weighted by atomic mass is 9.86. The molecule has 0 radical (unpaired) electrons. The van der Waals surface area contributed by atoms with Crippen molar-refractivity contribution in [1.82, 2.24) is 20.5 Å². The highest BCUT2D eigenvalue weighted by Crippen LogP contribution is 2.45. The first kappa shape index (κ1) is 17.7. The van der Waals surface area contributed by atoms with Gasteiger partial charge >= 0.3 is 0 Å². The number of pyridine rings is 1. The van der Waals surface area contributed by atoms with Gasteiger partial charge in [0.05, 0.1) is 12.1 Å². The van der Waals surface area contributed by atoms with E-state index < -0.39 is 0 Å². The molecule has 1 aromatic rings. The van der Waals surface area contributed by atoms with E-state index in [2.05, 4.69) is 27.4 Å². The van der Waals surface area contributed by atoms with Crippen LogP contribution in [0.3, 0.4) is 0 Å². The molecule has 0 bridgehead atoms. The van der Waals surface area contributed by atoms with Crippen molar-refractivity contribution >= 4 is 11.9 Å². The number of likely N-dealkylation sites (tertiary alicyclic amines) is 1. The molecular formula is C19H29N5O. The SMILES string of the molecule is CCNC(=NCCNC(=O)c1cccnc1)N1CCC2(CCCC2)C1. The van der Waals surface area contributed by atoms with Crippen LogP contribution < -0.4 is 10.6 Å². The van der Waals surface area contributed by atoms with Gasteiger partial charge in [0, 0.05) is 38.6 Å². The lowest BCUT2D eigenvalue weighted by Crippen LogP contribution is -2.41. The predicted molar refractivity (Wildman–Crippen MR) is 99.6 cm³/mol. The minimum absolute atomic E-state index is 0.0978.